The highest BCUT2D eigenvalue weighted by atomic mass is 32.1. The van der Waals surface area contributed by atoms with Crippen molar-refractivity contribution in [3.63, 3.8) is 0 Å². The number of aromatic nitrogens is 2. The molecule has 3 aliphatic heterocycles. The van der Waals surface area contributed by atoms with Crippen LogP contribution in [-0.4, -0.2) is 47.1 Å². The first-order chi connectivity index (χ1) is 16.1. The van der Waals surface area contributed by atoms with Crippen molar-refractivity contribution in [1.82, 2.24) is 26.1 Å². The summed E-state index contributed by atoms with van der Waals surface area (Å²) in [5, 5.41) is 17.3. The zero-order chi connectivity index (χ0) is 22.8. The molecule has 3 fully saturated rings. The molecule has 0 aromatic carbocycles. The van der Waals surface area contributed by atoms with E-state index in [1.54, 1.807) is 18.4 Å². The summed E-state index contributed by atoms with van der Waals surface area (Å²) in [5.74, 6) is 2.91. The largest absolute Gasteiger partial charge is 0.379 e. The smallest absolute Gasteiger partial charge is 0.226 e. The monoisotopic (exact) mass is 468 g/mol. The SMILES string of the molecule is COCc1cc2c(N=C3CC(C)NN3)nc(NC3C[C@H]4CC(CCC#N)C[C@@H](C3)N4)nc2s1. The van der Waals surface area contributed by atoms with Crippen LogP contribution in [0.1, 0.15) is 56.7 Å². The zero-order valence-corrected chi connectivity index (χ0v) is 20.0. The van der Waals surface area contributed by atoms with Crippen LogP contribution in [0.15, 0.2) is 11.1 Å². The van der Waals surface area contributed by atoms with Crippen LogP contribution >= 0.6 is 11.3 Å². The lowest BCUT2D eigenvalue weighted by Gasteiger charge is -2.43. The molecule has 0 aliphatic carbocycles. The fraction of sp³-hybridized carbons (Fsp3) is 0.652. The lowest BCUT2D eigenvalue weighted by Crippen LogP contribution is -2.54. The van der Waals surface area contributed by atoms with Crippen molar-refractivity contribution < 1.29 is 4.74 Å². The highest BCUT2D eigenvalue weighted by Gasteiger charge is 2.35. The molecule has 3 aliphatic rings. The summed E-state index contributed by atoms with van der Waals surface area (Å²) in [7, 11) is 1.71. The molecule has 5 atom stereocenters. The molecule has 0 amide bonds. The van der Waals surface area contributed by atoms with Crippen molar-refractivity contribution in [1.29, 1.82) is 5.26 Å². The number of anilines is 1. The molecule has 3 unspecified atom stereocenters. The van der Waals surface area contributed by atoms with Crippen LogP contribution in [0.2, 0.25) is 0 Å². The number of thiophene rings is 1. The summed E-state index contributed by atoms with van der Waals surface area (Å²) in [6.07, 6.45) is 6.93. The van der Waals surface area contributed by atoms with Crippen LogP contribution < -0.4 is 21.5 Å². The first kappa shape index (κ1) is 22.5. The Balaban J connectivity index is 1.36. The second-order valence-electron chi connectivity index (χ2n) is 9.58. The Morgan fingerprint density at radius 1 is 1.27 bits per heavy atom. The Morgan fingerprint density at radius 3 is 2.79 bits per heavy atom. The molecule has 0 spiro atoms. The maximum Gasteiger partial charge on any atom is 0.226 e. The Labute approximate surface area is 198 Å². The molecule has 176 valence electrons. The van der Waals surface area contributed by atoms with E-state index in [2.05, 4.69) is 40.5 Å². The molecule has 33 heavy (non-hydrogen) atoms. The molecular weight excluding hydrogens is 436 g/mol. The van der Waals surface area contributed by atoms with Crippen molar-refractivity contribution in [3.8, 4) is 6.07 Å². The second kappa shape index (κ2) is 9.89. The number of rotatable bonds is 7. The fourth-order valence-electron chi connectivity index (χ4n) is 5.41. The van der Waals surface area contributed by atoms with Gasteiger partial charge < -0.3 is 20.8 Å². The molecule has 4 N–H and O–H groups in total. The summed E-state index contributed by atoms with van der Waals surface area (Å²) in [6.45, 7) is 2.68. The number of amidine groups is 1. The predicted octanol–water partition coefficient (Wildman–Crippen LogP) is 3.37. The highest BCUT2D eigenvalue weighted by Crippen LogP contribution is 2.35. The van der Waals surface area contributed by atoms with Gasteiger partial charge in [-0.3, -0.25) is 0 Å². The number of piperidine rings is 2. The average Bonchev–Trinajstić information content (AvgIpc) is 3.37. The van der Waals surface area contributed by atoms with Gasteiger partial charge >= 0.3 is 0 Å². The number of methoxy groups -OCH3 is 1. The van der Waals surface area contributed by atoms with Gasteiger partial charge in [0.2, 0.25) is 5.95 Å². The third kappa shape index (κ3) is 5.27. The molecule has 0 radical (unpaired) electrons. The lowest BCUT2D eigenvalue weighted by atomic mass is 9.77. The number of nitrogens with one attached hydrogen (secondary N) is 4. The molecule has 2 bridgehead atoms. The number of nitrogens with zero attached hydrogens (tertiary/aromatic N) is 4. The molecule has 2 aromatic heterocycles. The third-order valence-corrected chi connectivity index (χ3v) is 7.76. The predicted molar refractivity (Wildman–Crippen MR) is 131 cm³/mol. The minimum absolute atomic E-state index is 0.334. The summed E-state index contributed by atoms with van der Waals surface area (Å²) in [6, 6.07) is 6.06. The van der Waals surface area contributed by atoms with Crippen molar-refractivity contribution >= 4 is 39.2 Å². The number of hydrogen-bond donors (Lipinski definition) is 4. The average molecular weight is 469 g/mol. The molecule has 0 saturated carbocycles. The van der Waals surface area contributed by atoms with Crippen molar-refractivity contribution in [2.45, 2.75) is 82.6 Å². The molecular formula is C23H32N8OS. The molecule has 3 saturated heterocycles. The standard InChI is InChI=1S/C23H32N8OS/c1-13-6-20(31-30-13)27-21-19-11-18(12-32-2)33-22(19)29-23(28-21)26-17-9-15-7-14(4-3-5-24)8-16(10-17)25-15/h11,13-17,25,30H,3-4,6-10,12H2,1-2H3,(H2,26,27,28,29,31)/t13?,14?,15-,16+,17?. The van der Waals surface area contributed by atoms with Gasteiger partial charge in [-0.25, -0.2) is 15.4 Å². The van der Waals surface area contributed by atoms with E-state index >= 15 is 0 Å². The van der Waals surface area contributed by atoms with Gasteiger partial charge in [-0.1, -0.05) is 0 Å². The van der Waals surface area contributed by atoms with E-state index in [0.29, 0.717) is 54.9 Å². The van der Waals surface area contributed by atoms with Gasteiger partial charge in [0, 0.05) is 49.0 Å². The van der Waals surface area contributed by atoms with Crippen LogP contribution in [0.4, 0.5) is 11.8 Å². The van der Waals surface area contributed by atoms with Gasteiger partial charge in [0.1, 0.15) is 10.7 Å². The molecule has 2 aromatic rings. The number of fused-ring (bicyclic) bond motifs is 3. The van der Waals surface area contributed by atoms with E-state index in [1.807, 2.05) is 0 Å². The third-order valence-electron chi connectivity index (χ3n) is 6.76. The number of hydrazine groups is 1. The van der Waals surface area contributed by atoms with Gasteiger partial charge in [-0.05, 0) is 51.0 Å². The van der Waals surface area contributed by atoms with E-state index < -0.39 is 0 Å². The quantitative estimate of drug-likeness (QED) is 0.488. The lowest BCUT2D eigenvalue weighted by molar-refractivity contribution is 0.171. The van der Waals surface area contributed by atoms with Gasteiger partial charge in [0.15, 0.2) is 5.82 Å². The summed E-state index contributed by atoms with van der Waals surface area (Å²) in [5.41, 5.74) is 6.37. The van der Waals surface area contributed by atoms with Gasteiger partial charge in [-0.15, -0.1) is 11.3 Å². The van der Waals surface area contributed by atoms with Crippen LogP contribution in [-0.2, 0) is 11.3 Å². The molecule has 5 heterocycles. The van der Waals surface area contributed by atoms with Gasteiger partial charge in [0.05, 0.1) is 18.1 Å². The maximum atomic E-state index is 8.93. The van der Waals surface area contributed by atoms with Crippen molar-refractivity contribution in [2.75, 3.05) is 12.4 Å². The molecule has 10 heteroatoms. The second-order valence-corrected chi connectivity index (χ2v) is 10.7. The fourth-order valence-corrected chi connectivity index (χ4v) is 6.40. The van der Waals surface area contributed by atoms with Crippen molar-refractivity contribution in [2.24, 2.45) is 10.9 Å². The van der Waals surface area contributed by atoms with Crippen LogP contribution in [0.25, 0.3) is 10.2 Å². The Kier molecular flexibility index (Phi) is 6.74. The topological polar surface area (TPSA) is 119 Å². The summed E-state index contributed by atoms with van der Waals surface area (Å²) >= 11 is 1.64. The summed E-state index contributed by atoms with van der Waals surface area (Å²) < 4.78 is 5.34. The van der Waals surface area contributed by atoms with E-state index in [0.717, 1.165) is 59.5 Å². The number of nitriles is 1. The maximum absolute atomic E-state index is 8.93. The van der Waals surface area contributed by atoms with E-state index in [-0.39, 0.29) is 0 Å². The molecule has 5 rings (SSSR count). The summed E-state index contributed by atoms with van der Waals surface area (Å²) in [4.78, 5) is 16.6. The Morgan fingerprint density at radius 2 is 2.09 bits per heavy atom. The molecule has 9 nitrogen and oxygen atoms in total. The normalized spacial score (nSPS) is 30.3. The van der Waals surface area contributed by atoms with Crippen LogP contribution in [0.5, 0.6) is 0 Å². The number of hydrogen-bond acceptors (Lipinski definition) is 9. The van der Waals surface area contributed by atoms with Crippen LogP contribution in [0, 0.1) is 17.2 Å². The van der Waals surface area contributed by atoms with Crippen LogP contribution in [0.3, 0.4) is 0 Å². The number of aliphatic imine (C=N–C) groups is 1. The Hall–Kier alpha value is -2.32. The zero-order valence-electron chi connectivity index (χ0n) is 19.2. The van der Waals surface area contributed by atoms with E-state index in [1.165, 1.54) is 0 Å². The van der Waals surface area contributed by atoms with Crippen molar-refractivity contribution in [3.05, 3.63) is 10.9 Å². The minimum Gasteiger partial charge on any atom is -0.379 e. The first-order valence-electron chi connectivity index (χ1n) is 11.9. The van der Waals surface area contributed by atoms with E-state index in [4.69, 9.17) is 25.0 Å². The highest BCUT2D eigenvalue weighted by molar-refractivity contribution is 7.18. The number of ether oxygens (including phenoxy) is 1. The Bertz CT molecular complexity index is 1050. The van der Waals surface area contributed by atoms with Gasteiger partial charge in [-0.2, -0.15) is 10.2 Å². The first-order valence-corrected chi connectivity index (χ1v) is 12.7. The minimum atomic E-state index is 0.334. The van der Waals surface area contributed by atoms with Gasteiger partial charge in [0.25, 0.3) is 0 Å². The van der Waals surface area contributed by atoms with E-state index in [9.17, 15) is 0 Å².